The van der Waals surface area contributed by atoms with Gasteiger partial charge in [-0.05, 0) is 141 Å². The molecular formula is C42H42N2. The van der Waals surface area contributed by atoms with Crippen LogP contribution in [0.3, 0.4) is 0 Å². The second-order valence-corrected chi connectivity index (χ2v) is 12.5. The summed E-state index contributed by atoms with van der Waals surface area (Å²) >= 11 is 0. The number of allylic oxidation sites excluding steroid dienone is 2. The van der Waals surface area contributed by atoms with Crippen LogP contribution in [0.25, 0.3) is 5.57 Å². The first kappa shape index (κ1) is 29.3. The van der Waals surface area contributed by atoms with Gasteiger partial charge in [0.05, 0.1) is 0 Å². The average Bonchev–Trinajstić information content (AvgIpc) is 2.97. The Morgan fingerprint density at radius 1 is 0.455 bits per heavy atom. The predicted molar refractivity (Wildman–Crippen MR) is 189 cm³/mol. The Bertz CT molecular complexity index is 1720. The Morgan fingerprint density at radius 3 is 1.32 bits per heavy atom. The first-order chi connectivity index (χ1) is 21.2. The van der Waals surface area contributed by atoms with E-state index in [1.807, 2.05) is 0 Å². The Morgan fingerprint density at radius 2 is 0.909 bits per heavy atom. The van der Waals surface area contributed by atoms with Gasteiger partial charge in [0.15, 0.2) is 0 Å². The quantitative estimate of drug-likeness (QED) is 0.178. The fraction of sp³-hybridized carbons (Fsp3) is 0.190. The van der Waals surface area contributed by atoms with E-state index in [1.165, 1.54) is 67.3 Å². The predicted octanol–water partition coefficient (Wildman–Crippen LogP) is 11.3. The molecule has 5 aromatic rings. The van der Waals surface area contributed by atoms with Gasteiger partial charge in [0.2, 0.25) is 0 Å². The molecule has 2 nitrogen and oxygen atoms in total. The fourth-order valence-corrected chi connectivity index (χ4v) is 6.78. The van der Waals surface area contributed by atoms with Crippen molar-refractivity contribution in [3.05, 3.63) is 172 Å². The van der Waals surface area contributed by atoms with Gasteiger partial charge in [-0.2, -0.15) is 0 Å². The Kier molecular flexibility index (Phi) is 8.01. The average molecular weight is 575 g/mol. The molecule has 0 spiro atoms. The summed E-state index contributed by atoms with van der Waals surface area (Å²) in [5.41, 5.74) is 14.0. The smallest absolute Gasteiger partial charge is 0.145 e. The molecule has 220 valence electrons. The van der Waals surface area contributed by atoms with Crippen LogP contribution in [0, 0.1) is 41.5 Å². The number of benzene rings is 5. The van der Waals surface area contributed by atoms with E-state index in [-0.39, 0.29) is 0 Å². The van der Waals surface area contributed by atoms with Crippen LogP contribution in [-0.4, -0.2) is 5.66 Å². The molecule has 6 rings (SSSR count). The largest absolute Gasteiger partial charge is 0.314 e. The summed E-state index contributed by atoms with van der Waals surface area (Å²) in [6, 6.07) is 42.4. The molecule has 2 heteroatoms. The minimum atomic E-state index is -0.597. The standard InChI is InChI=1S/C42H42N2/c1-30-12-10-16-38(24-30)43(40-26-32(3)22-33(4)27-40)42(20-18-37(19-21-42)36-14-8-7-9-15-36)44(39-17-11-13-31(2)25-39)41-28-34(5)23-35(6)29-41/h7-20,22-29H,21H2,1-6H3. The summed E-state index contributed by atoms with van der Waals surface area (Å²) in [5, 5.41) is 0. The van der Waals surface area contributed by atoms with Crippen molar-refractivity contribution < 1.29 is 0 Å². The minimum absolute atomic E-state index is 0.597. The van der Waals surface area contributed by atoms with Crippen molar-refractivity contribution in [3.63, 3.8) is 0 Å². The maximum Gasteiger partial charge on any atom is 0.145 e. The lowest BCUT2D eigenvalue weighted by atomic mass is 9.87. The Hall–Kier alpha value is -4.82. The van der Waals surface area contributed by atoms with Gasteiger partial charge in [0.25, 0.3) is 0 Å². The molecule has 0 atom stereocenters. The molecule has 0 fully saturated rings. The van der Waals surface area contributed by atoms with Gasteiger partial charge >= 0.3 is 0 Å². The van der Waals surface area contributed by atoms with E-state index in [2.05, 4.69) is 185 Å². The van der Waals surface area contributed by atoms with Crippen LogP contribution in [0.2, 0.25) is 0 Å². The first-order valence-corrected chi connectivity index (χ1v) is 15.6. The molecule has 0 saturated carbocycles. The lowest BCUT2D eigenvalue weighted by Gasteiger charge is -2.52. The molecule has 44 heavy (non-hydrogen) atoms. The molecule has 0 radical (unpaired) electrons. The zero-order valence-electron chi connectivity index (χ0n) is 26.8. The van der Waals surface area contributed by atoms with Gasteiger partial charge in [-0.3, -0.25) is 0 Å². The number of nitrogens with zero attached hydrogens (tertiary/aromatic N) is 2. The fourth-order valence-electron chi connectivity index (χ4n) is 6.78. The van der Waals surface area contributed by atoms with Crippen LogP contribution in [0.5, 0.6) is 0 Å². The topological polar surface area (TPSA) is 6.48 Å². The molecule has 0 N–H and O–H groups in total. The zero-order valence-corrected chi connectivity index (χ0v) is 26.8. The minimum Gasteiger partial charge on any atom is -0.314 e. The summed E-state index contributed by atoms with van der Waals surface area (Å²) in [4.78, 5) is 5.13. The summed E-state index contributed by atoms with van der Waals surface area (Å²) in [5.74, 6) is 0. The van der Waals surface area contributed by atoms with E-state index in [1.54, 1.807) is 0 Å². The van der Waals surface area contributed by atoms with Crippen LogP contribution in [0.1, 0.15) is 45.4 Å². The van der Waals surface area contributed by atoms with Crippen molar-refractivity contribution in [1.82, 2.24) is 0 Å². The highest BCUT2D eigenvalue weighted by Gasteiger charge is 2.44. The van der Waals surface area contributed by atoms with Crippen molar-refractivity contribution in [2.45, 2.75) is 53.6 Å². The number of rotatable bonds is 7. The number of hydrogen-bond acceptors (Lipinski definition) is 2. The molecule has 1 aliphatic carbocycles. The summed E-state index contributed by atoms with van der Waals surface area (Å²) in [6.07, 6.45) is 7.97. The highest BCUT2D eigenvalue weighted by Crippen LogP contribution is 2.48. The SMILES string of the molecule is Cc1cccc(N(c2cc(C)cc(C)c2)C2(N(c3cccc(C)c3)c3cc(C)cc(C)c3)C=CC(c3ccccc3)=CC2)c1. The molecule has 0 saturated heterocycles. The molecule has 0 aromatic heterocycles. The zero-order chi connectivity index (χ0) is 30.8. The summed E-state index contributed by atoms with van der Waals surface area (Å²) < 4.78 is 0. The van der Waals surface area contributed by atoms with Gasteiger partial charge in [-0.25, -0.2) is 0 Å². The molecule has 0 unspecified atom stereocenters. The highest BCUT2D eigenvalue weighted by molar-refractivity contribution is 5.82. The summed E-state index contributed by atoms with van der Waals surface area (Å²) in [7, 11) is 0. The molecule has 0 amide bonds. The highest BCUT2D eigenvalue weighted by atomic mass is 15.4. The van der Waals surface area contributed by atoms with E-state index in [0.717, 1.165) is 6.42 Å². The van der Waals surface area contributed by atoms with Crippen LogP contribution >= 0.6 is 0 Å². The maximum absolute atomic E-state index is 2.56. The van der Waals surface area contributed by atoms with Crippen molar-refractivity contribution in [2.75, 3.05) is 9.80 Å². The van der Waals surface area contributed by atoms with Gasteiger partial charge in [-0.15, -0.1) is 0 Å². The van der Waals surface area contributed by atoms with Crippen LogP contribution in [0.15, 0.2) is 133 Å². The van der Waals surface area contributed by atoms with E-state index in [4.69, 9.17) is 0 Å². The normalized spacial score (nSPS) is 13.8. The van der Waals surface area contributed by atoms with Gasteiger partial charge in [0.1, 0.15) is 5.66 Å². The van der Waals surface area contributed by atoms with Crippen molar-refractivity contribution >= 4 is 28.3 Å². The number of aryl methyl sites for hydroxylation is 6. The molecular weight excluding hydrogens is 532 g/mol. The van der Waals surface area contributed by atoms with Gasteiger partial charge in [-0.1, -0.05) is 78.9 Å². The van der Waals surface area contributed by atoms with E-state index < -0.39 is 5.66 Å². The van der Waals surface area contributed by atoms with E-state index >= 15 is 0 Å². The van der Waals surface area contributed by atoms with Crippen molar-refractivity contribution in [2.24, 2.45) is 0 Å². The molecule has 1 aliphatic rings. The maximum atomic E-state index is 2.56. The molecule has 0 heterocycles. The van der Waals surface area contributed by atoms with E-state index in [0.29, 0.717) is 0 Å². The number of hydrogen-bond donors (Lipinski definition) is 0. The summed E-state index contributed by atoms with van der Waals surface area (Å²) in [6.45, 7) is 13.2. The second kappa shape index (κ2) is 12.1. The van der Waals surface area contributed by atoms with Crippen molar-refractivity contribution in [1.29, 1.82) is 0 Å². The lowest BCUT2D eigenvalue weighted by Crippen LogP contribution is -2.57. The van der Waals surface area contributed by atoms with E-state index in [9.17, 15) is 0 Å². The van der Waals surface area contributed by atoms with Crippen LogP contribution < -0.4 is 9.80 Å². The Balaban J connectivity index is 1.69. The Labute approximate surface area is 263 Å². The third-order valence-electron chi connectivity index (χ3n) is 8.48. The lowest BCUT2D eigenvalue weighted by molar-refractivity contribution is 0.525. The van der Waals surface area contributed by atoms with Gasteiger partial charge < -0.3 is 9.80 Å². The number of anilines is 4. The second-order valence-electron chi connectivity index (χ2n) is 12.5. The molecule has 0 aliphatic heterocycles. The van der Waals surface area contributed by atoms with Crippen molar-refractivity contribution in [3.8, 4) is 0 Å². The van der Waals surface area contributed by atoms with Gasteiger partial charge in [0, 0.05) is 29.2 Å². The molecule has 0 bridgehead atoms. The third kappa shape index (κ3) is 5.85. The molecule has 5 aromatic carbocycles. The van der Waals surface area contributed by atoms with Crippen LogP contribution in [0.4, 0.5) is 22.7 Å². The van der Waals surface area contributed by atoms with Crippen LogP contribution in [-0.2, 0) is 0 Å². The monoisotopic (exact) mass is 574 g/mol. The first-order valence-electron chi connectivity index (χ1n) is 15.6. The third-order valence-corrected chi connectivity index (χ3v) is 8.48.